The van der Waals surface area contributed by atoms with Gasteiger partial charge in [-0.3, -0.25) is 4.79 Å². The molecular weight excluding hydrogens is 394 g/mol. The molecule has 0 aliphatic rings. The van der Waals surface area contributed by atoms with Crippen molar-refractivity contribution in [2.75, 3.05) is 5.32 Å². The second-order valence-electron chi connectivity index (χ2n) is 6.76. The number of fused-ring (bicyclic) bond motifs is 1. The summed E-state index contributed by atoms with van der Waals surface area (Å²) >= 11 is 0. The molecule has 0 saturated heterocycles. The molecule has 0 aliphatic carbocycles. The number of furan rings is 1. The molecule has 8 nitrogen and oxygen atoms in total. The second-order valence-corrected chi connectivity index (χ2v) is 6.76. The number of nitrogens with one attached hydrogen (secondary N) is 1. The SMILES string of the molecule is O=C(Nc1ccc(-n2cnnn2)cc1)c1oc2ccccc2c1COc1ccccc1. The number of rotatable bonds is 6. The Morgan fingerprint density at radius 2 is 1.74 bits per heavy atom. The molecular formula is C23H17N5O3. The van der Waals surface area contributed by atoms with Crippen LogP contribution < -0.4 is 10.1 Å². The number of benzene rings is 3. The van der Waals surface area contributed by atoms with Gasteiger partial charge in [0.2, 0.25) is 0 Å². The highest BCUT2D eigenvalue weighted by molar-refractivity contribution is 6.06. The number of aromatic nitrogens is 4. The van der Waals surface area contributed by atoms with Crippen molar-refractivity contribution < 1.29 is 13.9 Å². The van der Waals surface area contributed by atoms with E-state index in [1.165, 1.54) is 11.0 Å². The fraction of sp³-hybridized carbons (Fsp3) is 0.0435. The van der Waals surface area contributed by atoms with E-state index in [9.17, 15) is 4.79 Å². The molecule has 152 valence electrons. The lowest BCUT2D eigenvalue weighted by Crippen LogP contribution is -2.14. The lowest BCUT2D eigenvalue weighted by Gasteiger charge is -2.08. The van der Waals surface area contributed by atoms with Gasteiger partial charge >= 0.3 is 0 Å². The van der Waals surface area contributed by atoms with E-state index < -0.39 is 0 Å². The Balaban J connectivity index is 1.40. The summed E-state index contributed by atoms with van der Waals surface area (Å²) in [5.41, 5.74) is 2.73. The number of para-hydroxylation sites is 2. The normalized spacial score (nSPS) is 10.8. The van der Waals surface area contributed by atoms with Crippen LogP contribution in [0.15, 0.2) is 89.6 Å². The summed E-state index contributed by atoms with van der Waals surface area (Å²) in [6.45, 7) is 0.210. The highest BCUT2D eigenvalue weighted by Crippen LogP contribution is 2.28. The number of hydrogen-bond acceptors (Lipinski definition) is 6. The number of tetrazole rings is 1. The van der Waals surface area contributed by atoms with E-state index in [0.29, 0.717) is 16.8 Å². The third-order valence-electron chi connectivity index (χ3n) is 4.77. The zero-order chi connectivity index (χ0) is 21.0. The van der Waals surface area contributed by atoms with Gasteiger partial charge in [0.1, 0.15) is 24.3 Å². The van der Waals surface area contributed by atoms with E-state index in [1.54, 1.807) is 12.1 Å². The molecule has 2 heterocycles. The predicted molar refractivity (Wildman–Crippen MR) is 114 cm³/mol. The van der Waals surface area contributed by atoms with Crippen molar-refractivity contribution in [3.05, 3.63) is 96.5 Å². The van der Waals surface area contributed by atoms with Gasteiger partial charge in [-0.1, -0.05) is 36.4 Å². The molecule has 5 aromatic rings. The van der Waals surface area contributed by atoms with Gasteiger partial charge in [-0.05, 0) is 52.9 Å². The maximum absolute atomic E-state index is 13.0. The van der Waals surface area contributed by atoms with Crippen molar-refractivity contribution in [3.8, 4) is 11.4 Å². The van der Waals surface area contributed by atoms with Gasteiger partial charge in [-0.15, -0.1) is 5.10 Å². The fourth-order valence-electron chi connectivity index (χ4n) is 3.26. The summed E-state index contributed by atoms with van der Waals surface area (Å²) in [7, 11) is 0. The van der Waals surface area contributed by atoms with Gasteiger partial charge < -0.3 is 14.5 Å². The molecule has 0 atom stereocenters. The predicted octanol–water partition coefficient (Wildman–Crippen LogP) is 4.24. The van der Waals surface area contributed by atoms with E-state index in [-0.39, 0.29) is 18.3 Å². The van der Waals surface area contributed by atoms with Gasteiger partial charge in [0.15, 0.2) is 5.76 Å². The van der Waals surface area contributed by atoms with Gasteiger partial charge in [-0.25, -0.2) is 4.68 Å². The molecule has 31 heavy (non-hydrogen) atoms. The zero-order valence-electron chi connectivity index (χ0n) is 16.3. The minimum atomic E-state index is -0.349. The van der Waals surface area contributed by atoms with Crippen LogP contribution in [0.25, 0.3) is 16.7 Å². The summed E-state index contributed by atoms with van der Waals surface area (Å²) < 4.78 is 13.3. The number of ether oxygens (including phenoxy) is 1. The summed E-state index contributed by atoms with van der Waals surface area (Å²) in [6, 6.07) is 24.1. The van der Waals surface area contributed by atoms with Crippen LogP contribution in [0.2, 0.25) is 0 Å². The van der Waals surface area contributed by atoms with E-state index in [4.69, 9.17) is 9.15 Å². The first-order chi connectivity index (χ1) is 15.3. The van der Waals surface area contributed by atoms with Crippen molar-refractivity contribution in [1.29, 1.82) is 0 Å². The Bertz CT molecular complexity index is 1310. The lowest BCUT2D eigenvalue weighted by atomic mass is 10.1. The van der Waals surface area contributed by atoms with Crippen LogP contribution in [0, 0.1) is 0 Å². The number of nitrogens with zero attached hydrogens (tertiary/aromatic N) is 4. The van der Waals surface area contributed by atoms with Crippen LogP contribution >= 0.6 is 0 Å². The van der Waals surface area contributed by atoms with Crippen molar-refractivity contribution in [1.82, 2.24) is 20.2 Å². The van der Waals surface area contributed by atoms with Crippen LogP contribution in [0.4, 0.5) is 5.69 Å². The van der Waals surface area contributed by atoms with Crippen LogP contribution in [0.3, 0.4) is 0 Å². The quantitative estimate of drug-likeness (QED) is 0.449. The smallest absolute Gasteiger partial charge is 0.291 e. The van der Waals surface area contributed by atoms with Crippen molar-refractivity contribution in [2.24, 2.45) is 0 Å². The monoisotopic (exact) mass is 411 g/mol. The van der Waals surface area contributed by atoms with Crippen LogP contribution in [-0.2, 0) is 6.61 Å². The number of carbonyl (C=O) groups excluding carboxylic acids is 1. The lowest BCUT2D eigenvalue weighted by molar-refractivity contribution is 0.0995. The summed E-state index contributed by atoms with van der Waals surface area (Å²) in [6.07, 6.45) is 1.50. The molecule has 0 aliphatic heterocycles. The van der Waals surface area contributed by atoms with Gasteiger partial charge in [0, 0.05) is 16.6 Å². The molecule has 8 heteroatoms. The molecule has 5 rings (SSSR count). The topological polar surface area (TPSA) is 95.1 Å². The standard InChI is InChI=1S/C23H17N5O3/c29-23(25-16-10-12-17(13-11-16)28-15-24-26-27-28)22-20(14-30-18-6-2-1-3-7-18)19-8-4-5-9-21(19)31-22/h1-13,15H,14H2,(H,25,29). The highest BCUT2D eigenvalue weighted by atomic mass is 16.5. The Morgan fingerprint density at radius 3 is 2.52 bits per heavy atom. The molecule has 0 saturated carbocycles. The number of anilines is 1. The molecule has 0 unspecified atom stereocenters. The molecule has 0 spiro atoms. The molecule has 2 aromatic heterocycles. The van der Waals surface area contributed by atoms with Crippen LogP contribution in [-0.4, -0.2) is 26.1 Å². The van der Waals surface area contributed by atoms with Gasteiger partial charge in [0.05, 0.1) is 5.69 Å². The maximum atomic E-state index is 13.0. The maximum Gasteiger partial charge on any atom is 0.291 e. The summed E-state index contributed by atoms with van der Waals surface area (Å²) in [5, 5.41) is 14.8. The Hall–Kier alpha value is -4.46. The highest BCUT2D eigenvalue weighted by Gasteiger charge is 2.21. The Morgan fingerprint density at radius 1 is 0.968 bits per heavy atom. The van der Waals surface area contributed by atoms with Gasteiger partial charge in [0.25, 0.3) is 5.91 Å². The minimum Gasteiger partial charge on any atom is -0.489 e. The molecule has 0 bridgehead atoms. The Kier molecular flexibility index (Phi) is 4.86. The van der Waals surface area contributed by atoms with Crippen molar-refractivity contribution in [2.45, 2.75) is 6.61 Å². The van der Waals surface area contributed by atoms with Gasteiger partial charge in [-0.2, -0.15) is 0 Å². The summed E-state index contributed by atoms with van der Waals surface area (Å²) in [4.78, 5) is 13.0. The van der Waals surface area contributed by atoms with E-state index >= 15 is 0 Å². The van der Waals surface area contributed by atoms with Crippen molar-refractivity contribution in [3.63, 3.8) is 0 Å². The largest absolute Gasteiger partial charge is 0.489 e. The van der Waals surface area contributed by atoms with Crippen LogP contribution in [0.1, 0.15) is 16.1 Å². The second kappa shape index (κ2) is 8.11. The number of amides is 1. The molecule has 1 amide bonds. The van der Waals surface area contributed by atoms with E-state index in [2.05, 4.69) is 20.8 Å². The van der Waals surface area contributed by atoms with E-state index in [0.717, 1.165) is 16.8 Å². The van der Waals surface area contributed by atoms with Crippen LogP contribution in [0.5, 0.6) is 5.75 Å². The molecule has 0 fully saturated rings. The first-order valence-corrected chi connectivity index (χ1v) is 9.61. The number of hydrogen-bond donors (Lipinski definition) is 1. The third kappa shape index (κ3) is 3.86. The average molecular weight is 411 g/mol. The van der Waals surface area contributed by atoms with Crippen molar-refractivity contribution >= 4 is 22.6 Å². The molecule has 3 aromatic carbocycles. The number of carbonyl (C=O) groups is 1. The molecule has 0 radical (unpaired) electrons. The molecule has 1 N–H and O–H groups in total. The van der Waals surface area contributed by atoms with E-state index in [1.807, 2.05) is 66.7 Å². The third-order valence-corrected chi connectivity index (χ3v) is 4.77. The zero-order valence-corrected chi connectivity index (χ0v) is 16.3. The first kappa shape index (κ1) is 18.6. The Labute approximate surface area is 177 Å². The summed E-state index contributed by atoms with van der Waals surface area (Å²) in [5.74, 6) is 0.594. The average Bonchev–Trinajstić information content (AvgIpc) is 3.47. The minimum absolute atomic E-state index is 0.210. The first-order valence-electron chi connectivity index (χ1n) is 9.61. The fourth-order valence-corrected chi connectivity index (χ4v) is 3.26.